The van der Waals surface area contributed by atoms with Gasteiger partial charge in [0.1, 0.15) is 42.3 Å². The number of hydrogen-bond donors (Lipinski definition) is 13. The van der Waals surface area contributed by atoms with Gasteiger partial charge in [0.2, 0.25) is 65.0 Å². The third kappa shape index (κ3) is 21.9. The van der Waals surface area contributed by atoms with Crippen molar-refractivity contribution in [3.05, 3.63) is 34.4 Å². The predicted octanol–water partition coefficient (Wildman–Crippen LogP) is -3.37. The first kappa shape index (κ1) is 64.8. The fourth-order valence-electron chi connectivity index (χ4n) is 7.62. The zero-order valence-electron chi connectivity index (χ0n) is 44.4. The molecule has 0 saturated carbocycles. The normalized spacial score (nSPS) is 15.9. The third-order valence-electron chi connectivity index (χ3n) is 12.0. The van der Waals surface area contributed by atoms with Crippen LogP contribution >= 0.6 is 0 Å². The Hall–Kier alpha value is -7.33. The number of anilines is 1. The SMILES string of the molecule is CC(C)C[C@H](NC(=O)CNC(=O)[C@H](C)NC(=O)CNC(=O)[C@@H]1CCCN1C(=O)[C@@H](NC(=O)[C@H](CO)NC(=O)[C@H](C)NC(=O)CNC(=O)[C@@H](N)CCCCN)C(C)C)C(=O)N[C@H](C(=O)Nc1ccc([N+](=O)[O-])cc1)C(C)C. The third-order valence-corrected chi connectivity index (χ3v) is 12.0. The maximum atomic E-state index is 13.9. The number of benzene rings is 1. The molecule has 0 unspecified atom stereocenters. The van der Waals surface area contributed by atoms with Crippen molar-refractivity contribution in [3.8, 4) is 0 Å². The van der Waals surface area contributed by atoms with E-state index in [4.69, 9.17) is 11.5 Å². The largest absolute Gasteiger partial charge is 0.394 e. The zero-order chi connectivity index (χ0) is 57.4. The van der Waals surface area contributed by atoms with Crippen LogP contribution in [0.1, 0.15) is 93.9 Å². The first-order chi connectivity index (χ1) is 35.7. The zero-order valence-corrected chi connectivity index (χ0v) is 44.4. The predicted molar refractivity (Wildman–Crippen MR) is 276 cm³/mol. The van der Waals surface area contributed by atoms with Gasteiger partial charge in [-0.05, 0) is 82.4 Å². The summed E-state index contributed by atoms with van der Waals surface area (Å²) in [6, 6.07) is -4.17. The molecule has 0 aliphatic carbocycles. The Morgan fingerprint density at radius 2 is 1.18 bits per heavy atom. The summed E-state index contributed by atoms with van der Waals surface area (Å²) in [5.74, 6) is -9.09. The summed E-state index contributed by atoms with van der Waals surface area (Å²) in [6.07, 6.45) is 2.44. The number of carbonyl (C=O) groups is 11. The number of hydrogen-bond acceptors (Lipinski definition) is 16. The van der Waals surface area contributed by atoms with Crippen molar-refractivity contribution in [2.45, 2.75) is 142 Å². The molecular formula is C48H78N14O14. The van der Waals surface area contributed by atoms with Crippen LogP contribution in [0.2, 0.25) is 0 Å². The molecule has 1 saturated heterocycles. The first-order valence-electron chi connectivity index (χ1n) is 25.3. The second-order valence-electron chi connectivity index (χ2n) is 19.6. The number of amides is 11. The topological polar surface area (TPSA) is 427 Å². The lowest BCUT2D eigenvalue weighted by atomic mass is 9.99. The van der Waals surface area contributed by atoms with Crippen molar-refractivity contribution in [2.75, 3.05) is 44.6 Å². The highest BCUT2D eigenvalue weighted by molar-refractivity contribution is 6.00. The number of unbranched alkanes of at least 4 members (excludes halogenated alkanes) is 1. The minimum atomic E-state index is -1.56. The number of likely N-dealkylation sites (tertiary alicyclic amines) is 1. The van der Waals surface area contributed by atoms with Gasteiger partial charge < -0.3 is 74.6 Å². The van der Waals surface area contributed by atoms with E-state index in [1.165, 1.54) is 43.0 Å². The van der Waals surface area contributed by atoms with Crippen LogP contribution in [-0.2, 0) is 52.7 Å². The summed E-state index contributed by atoms with van der Waals surface area (Å²) >= 11 is 0. The average molecular weight is 1080 g/mol. The highest BCUT2D eigenvalue weighted by Crippen LogP contribution is 2.21. The van der Waals surface area contributed by atoms with E-state index in [1.54, 1.807) is 27.7 Å². The molecular weight excluding hydrogens is 997 g/mol. The van der Waals surface area contributed by atoms with Gasteiger partial charge in [-0.2, -0.15) is 0 Å². The van der Waals surface area contributed by atoms with Crippen LogP contribution in [0.3, 0.4) is 0 Å². The van der Waals surface area contributed by atoms with Gasteiger partial charge in [-0.1, -0.05) is 48.0 Å². The van der Waals surface area contributed by atoms with Crippen LogP contribution < -0.4 is 64.6 Å². The quantitative estimate of drug-likeness (QED) is 0.0196. The second-order valence-corrected chi connectivity index (χ2v) is 19.6. The Morgan fingerprint density at radius 1 is 0.658 bits per heavy atom. The molecule has 1 fully saturated rings. The summed E-state index contributed by atoms with van der Waals surface area (Å²) in [7, 11) is 0. The van der Waals surface area contributed by atoms with E-state index in [9.17, 15) is 68.0 Å². The number of aliphatic hydroxyl groups excluding tert-OH is 1. The van der Waals surface area contributed by atoms with Crippen LogP contribution in [0.5, 0.6) is 0 Å². The molecule has 0 spiro atoms. The van der Waals surface area contributed by atoms with Crippen molar-refractivity contribution < 1.29 is 62.8 Å². The maximum absolute atomic E-state index is 13.9. The lowest BCUT2D eigenvalue weighted by molar-refractivity contribution is -0.384. The summed E-state index contributed by atoms with van der Waals surface area (Å²) < 4.78 is 0. The molecule has 0 aromatic heterocycles. The Bertz CT molecular complexity index is 2210. The number of nitrogens with two attached hydrogens (primary N) is 2. The first-order valence-corrected chi connectivity index (χ1v) is 25.3. The maximum Gasteiger partial charge on any atom is 0.269 e. The fourth-order valence-corrected chi connectivity index (χ4v) is 7.62. The van der Waals surface area contributed by atoms with E-state index in [0.717, 1.165) is 0 Å². The Labute approximate surface area is 441 Å². The molecule has 2 rings (SSSR count). The average Bonchev–Trinajstić information content (AvgIpc) is 3.86. The fraction of sp³-hybridized carbons (Fsp3) is 0.646. The number of non-ortho nitro benzene ring substituents is 1. The molecule has 11 amide bonds. The monoisotopic (exact) mass is 1070 g/mol. The van der Waals surface area contributed by atoms with E-state index in [2.05, 4.69) is 53.2 Å². The molecule has 0 radical (unpaired) electrons. The molecule has 1 aromatic rings. The van der Waals surface area contributed by atoms with E-state index in [-0.39, 0.29) is 36.7 Å². The molecule has 15 N–H and O–H groups in total. The van der Waals surface area contributed by atoms with Crippen molar-refractivity contribution in [2.24, 2.45) is 29.2 Å². The number of aliphatic hydroxyl groups is 1. The van der Waals surface area contributed by atoms with Crippen LogP contribution in [-0.4, -0.2) is 168 Å². The van der Waals surface area contributed by atoms with Gasteiger partial charge in [-0.15, -0.1) is 0 Å². The Kier molecular flexibility index (Phi) is 27.4. The van der Waals surface area contributed by atoms with Gasteiger partial charge in [0.05, 0.1) is 37.2 Å². The highest BCUT2D eigenvalue weighted by Gasteiger charge is 2.40. The van der Waals surface area contributed by atoms with E-state index < -0.39 is 156 Å². The van der Waals surface area contributed by atoms with E-state index >= 15 is 0 Å². The summed E-state index contributed by atoms with van der Waals surface area (Å²) in [5, 5.41) is 45.7. The van der Waals surface area contributed by atoms with Crippen LogP contribution in [0, 0.1) is 27.9 Å². The molecule has 28 heteroatoms. The highest BCUT2D eigenvalue weighted by atomic mass is 16.6. The molecule has 1 aromatic carbocycles. The number of rotatable bonds is 31. The van der Waals surface area contributed by atoms with Gasteiger partial charge in [0.25, 0.3) is 5.69 Å². The van der Waals surface area contributed by atoms with Gasteiger partial charge in [0.15, 0.2) is 0 Å². The van der Waals surface area contributed by atoms with Crippen LogP contribution in [0.4, 0.5) is 11.4 Å². The standard InChI is InChI=1S/C48H78N14O14/c1-25(2)20-33(44(70)59-39(26(3)4)47(73)56-30-14-16-31(17-15-30)62(75)76)57-38(66)23-51-41(67)28(7)54-37(65)22-53-46(72)35-13-11-19-61(35)48(74)40(27(5)6)60-45(71)34(24-63)58-42(68)29(8)55-36(64)21-52-43(69)32(50)12-9-10-18-49/h14-17,25-29,32-35,39-40,63H,9-13,18-24,49-50H2,1-8H3,(H,51,67)(H,52,69)(H,53,72)(H,54,65)(H,55,64)(H,56,73)(H,57,66)(H,58,68)(H,59,70)(H,60,71)/t28-,29-,32-,33-,34-,35-,39-,40-/m0/s1. The minimum absolute atomic E-state index is 0.0960. The molecule has 424 valence electrons. The number of nitro benzene ring substituents is 1. The van der Waals surface area contributed by atoms with E-state index in [1.807, 2.05) is 13.8 Å². The Balaban J connectivity index is 1.91. The molecule has 1 aliphatic rings. The number of carbonyl (C=O) groups excluding carboxylic acids is 11. The molecule has 76 heavy (non-hydrogen) atoms. The Morgan fingerprint density at radius 3 is 1.72 bits per heavy atom. The summed E-state index contributed by atoms with van der Waals surface area (Å²) in [6.45, 7) is 10.9. The van der Waals surface area contributed by atoms with Crippen LogP contribution in [0.25, 0.3) is 0 Å². The summed E-state index contributed by atoms with van der Waals surface area (Å²) in [5.41, 5.74) is 11.4. The lowest BCUT2D eigenvalue weighted by Crippen LogP contribution is -2.60. The molecule has 8 atom stereocenters. The number of nitro groups is 1. The van der Waals surface area contributed by atoms with Crippen LogP contribution in [0.15, 0.2) is 24.3 Å². The number of nitrogens with one attached hydrogen (secondary N) is 10. The molecule has 1 aliphatic heterocycles. The smallest absolute Gasteiger partial charge is 0.269 e. The van der Waals surface area contributed by atoms with Crippen molar-refractivity contribution in [1.29, 1.82) is 0 Å². The molecule has 0 bridgehead atoms. The molecule has 28 nitrogen and oxygen atoms in total. The van der Waals surface area contributed by atoms with Gasteiger partial charge in [0, 0.05) is 24.4 Å². The van der Waals surface area contributed by atoms with Gasteiger partial charge in [-0.25, -0.2) is 0 Å². The summed E-state index contributed by atoms with van der Waals surface area (Å²) in [4.78, 5) is 155. The molecule has 1 heterocycles. The van der Waals surface area contributed by atoms with Crippen molar-refractivity contribution in [1.82, 2.24) is 52.8 Å². The van der Waals surface area contributed by atoms with E-state index in [0.29, 0.717) is 32.2 Å². The minimum Gasteiger partial charge on any atom is -0.394 e. The number of nitrogens with zero attached hydrogens (tertiary/aromatic N) is 2. The lowest BCUT2D eigenvalue weighted by Gasteiger charge is -2.31. The van der Waals surface area contributed by atoms with Crippen molar-refractivity contribution >= 4 is 76.4 Å². The van der Waals surface area contributed by atoms with Crippen molar-refractivity contribution in [3.63, 3.8) is 0 Å². The van der Waals surface area contributed by atoms with Gasteiger partial charge >= 0.3 is 0 Å². The second kappa shape index (κ2) is 32.2. The van der Waals surface area contributed by atoms with Gasteiger partial charge in [-0.3, -0.25) is 62.9 Å².